The van der Waals surface area contributed by atoms with Crippen molar-refractivity contribution in [2.45, 2.75) is 44.6 Å². The zero-order chi connectivity index (χ0) is 10.7. The number of rotatable bonds is 2. The van der Waals surface area contributed by atoms with Crippen molar-refractivity contribution < 1.29 is 10.2 Å². The lowest BCUT2D eigenvalue weighted by molar-refractivity contribution is 0.275. The molecule has 1 aliphatic carbocycles. The van der Waals surface area contributed by atoms with E-state index in [9.17, 15) is 5.11 Å². The molecular formula is C13H18O2. The third kappa shape index (κ3) is 2.32. The predicted octanol–water partition coefficient (Wildman–Crippen LogP) is 2.93. The van der Waals surface area contributed by atoms with Crippen LogP contribution in [0.3, 0.4) is 0 Å². The number of phenols is 1. The second-order valence-electron chi connectivity index (χ2n) is 4.38. The Bertz CT molecular complexity index is 327. The van der Waals surface area contributed by atoms with Crippen molar-refractivity contribution in [3.63, 3.8) is 0 Å². The van der Waals surface area contributed by atoms with Crippen molar-refractivity contribution in [2.24, 2.45) is 0 Å². The van der Waals surface area contributed by atoms with Crippen LogP contribution >= 0.6 is 0 Å². The topological polar surface area (TPSA) is 40.5 Å². The quantitative estimate of drug-likeness (QED) is 0.781. The smallest absolute Gasteiger partial charge is 0.121 e. The summed E-state index contributed by atoms with van der Waals surface area (Å²) in [5, 5.41) is 18.6. The Morgan fingerprint density at radius 3 is 2.53 bits per heavy atom. The molecule has 2 nitrogen and oxygen atoms in total. The van der Waals surface area contributed by atoms with E-state index in [1.54, 1.807) is 6.07 Å². The third-order valence-electron chi connectivity index (χ3n) is 3.35. The zero-order valence-corrected chi connectivity index (χ0v) is 8.95. The largest absolute Gasteiger partial charge is 0.508 e. The molecule has 0 aliphatic heterocycles. The van der Waals surface area contributed by atoms with Crippen LogP contribution in [0.4, 0.5) is 0 Å². The highest BCUT2D eigenvalue weighted by Crippen LogP contribution is 2.34. The highest BCUT2D eigenvalue weighted by Gasteiger charge is 2.16. The van der Waals surface area contributed by atoms with Gasteiger partial charge in [0.25, 0.3) is 0 Å². The Morgan fingerprint density at radius 2 is 1.87 bits per heavy atom. The van der Waals surface area contributed by atoms with Gasteiger partial charge in [-0.25, -0.2) is 0 Å². The average molecular weight is 206 g/mol. The molecule has 15 heavy (non-hydrogen) atoms. The molecule has 1 aromatic rings. The summed E-state index contributed by atoms with van der Waals surface area (Å²) in [5.41, 5.74) is 1.93. The van der Waals surface area contributed by atoms with Crippen molar-refractivity contribution in [1.82, 2.24) is 0 Å². The lowest BCUT2D eigenvalue weighted by Gasteiger charge is -2.22. The maximum atomic E-state index is 9.47. The molecule has 0 radical (unpaired) electrons. The van der Waals surface area contributed by atoms with Gasteiger partial charge in [-0.1, -0.05) is 25.3 Å². The fourth-order valence-corrected chi connectivity index (χ4v) is 2.42. The number of aromatic hydroxyl groups is 1. The van der Waals surface area contributed by atoms with Crippen LogP contribution < -0.4 is 0 Å². The van der Waals surface area contributed by atoms with Crippen molar-refractivity contribution in [2.75, 3.05) is 0 Å². The first kappa shape index (κ1) is 10.5. The maximum absolute atomic E-state index is 9.47. The molecule has 1 aliphatic rings. The lowest BCUT2D eigenvalue weighted by atomic mass is 9.83. The van der Waals surface area contributed by atoms with Crippen LogP contribution in [0, 0.1) is 0 Å². The fourth-order valence-electron chi connectivity index (χ4n) is 2.42. The van der Waals surface area contributed by atoms with Gasteiger partial charge in [0.2, 0.25) is 0 Å². The standard InChI is InChI=1S/C13H18O2/c14-9-12-8-11(6-7-13(12)15)10-4-2-1-3-5-10/h6-8,10,14-15H,1-5,9H2. The van der Waals surface area contributed by atoms with Crippen LogP contribution in [0.5, 0.6) is 5.75 Å². The molecule has 0 spiro atoms. The second kappa shape index (κ2) is 4.67. The fraction of sp³-hybridized carbons (Fsp3) is 0.538. The lowest BCUT2D eigenvalue weighted by Crippen LogP contribution is -2.04. The minimum atomic E-state index is -0.0770. The summed E-state index contributed by atoms with van der Waals surface area (Å²) >= 11 is 0. The van der Waals surface area contributed by atoms with E-state index in [-0.39, 0.29) is 12.4 Å². The molecule has 0 aromatic heterocycles. The Kier molecular flexibility index (Phi) is 3.27. The van der Waals surface area contributed by atoms with Crippen LogP contribution in [0.15, 0.2) is 18.2 Å². The Labute approximate surface area is 90.6 Å². The van der Waals surface area contributed by atoms with Crippen LogP contribution in [-0.4, -0.2) is 10.2 Å². The van der Waals surface area contributed by atoms with Gasteiger partial charge in [0.05, 0.1) is 6.61 Å². The van der Waals surface area contributed by atoms with Crippen LogP contribution in [0.25, 0.3) is 0 Å². The van der Waals surface area contributed by atoms with Gasteiger partial charge in [-0.15, -0.1) is 0 Å². The summed E-state index contributed by atoms with van der Waals surface area (Å²) in [7, 11) is 0. The molecule has 0 heterocycles. The van der Waals surface area contributed by atoms with E-state index in [0.717, 1.165) is 0 Å². The number of hydrogen-bond acceptors (Lipinski definition) is 2. The first-order valence-electron chi connectivity index (χ1n) is 5.74. The monoisotopic (exact) mass is 206 g/mol. The highest BCUT2D eigenvalue weighted by molar-refractivity contribution is 5.37. The van der Waals surface area contributed by atoms with E-state index in [2.05, 4.69) is 0 Å². The molecule has 1 saturated carbocycles. The molecule has 0 saturated heterocycles. The summed E-state index contributed by atoms with van der Waals surface area (Å²) in [6.45, 7) is -0.0770. The zero-order valence-electron chi connectivity index (χ0n) is 8.95. The second-order valence-corrected chi connectivity index (χ2v) is 4.38. The molecule has 1 fully saturated rings. The SMILES string of the molecule is OCc1cc(C2CCCCC2)ccc1O. The summed E-state index contributed by atoms with van der Waals surface area (Å²) in [6, 6.07) is 5.64. The number of aliphatic hydroxyl groups is 1. The minimum Gasteiger partial charge on any atom is -0.508 e. The Balaban J connectivity index is 2.20. The molecule has 1 aromatic carbocycles. The van der Waals surface area contributed by atoms with Crippen LogP contribution in [-0.2, 0) is 6.61 Å². The third-order valence-corrected chi connectivity index (χ3v) is 3.35. The molecule has 0 atom stereocenters. The summed E-state index contributed by atoms with van der Waals surface area (Å²) in [6.07, 6.45) is 6.45. The van der Waals surface area contributed by atoms with Crippen molar-refractivity contribution >= 4 is 0 Å². The molecule has 0 bridgehead atoms. The molecule has 0 unspecified atom stereocenters. The van der Waals surface area contributed by atoms with Gasteiger partial charge in [0.15, 0.2) is 0 Å². The van der Waals surface area contributed by atoms with Gasteiger partial charge in [-0.05, 0) is 36.5 Å². The van der Waals surface area contributed by atoms with E-state index in [1.165, 1.54) is 37.7 Å². The average Bonchev–Trinajstić information content (AvgIpc) is 2.31. The van der Waals surface area contributed by atoms with E-state index in [4.69, 9.17) is 5.11 Å². The van der Waals surface area contributed by atoms with Gasteiger partial charge in [0, 0.05) is 5.56 Å². The molecule has 0 amide bonds. The van der Waals surface area contributed by atoms with Crippen LogP contribution in [0.2, 0.25) is 0 Å². The molecule has 2 rings (SSSR count). The minimum absolute atomic E-state index is 0.0770. The van der Waals surface area contributed by atoms with Gasteiger partial charge in [-0.3, -0.25) is 0 Å². The molecular weight excluding hydrogens is 188 g/mol. The summed E-state index contributed by atoms with van der Waals surface area (Å²) in [5.74, 6) is 0.835. The summed E-state index contributed by atoms with van der Waals surface area (Å²) in [4.78, 5) is 0. The van der Waals surface area contributed by atoms with E-state index in [0.29, 0.717) is 11.5 Å². The van der Waals surface area contributed by atoms with Crippen molar-refractivity contribution in [3.8, 4) is 5.75 Å². The maximum Gasteiger partial charge on any atom is 0.121 e. The molecule has 2 N–H and O–H groups in total. The number of hydrogen-bond donors (Lipinski definition) is 2. The van der Waals surface area contributed by atoms with E-state index in [1.807, 2.05) is 12.1 Å². The van der Waals surface area contributed by atoms with E-state index < -0.39 is 0 Å². The van der Waals surface area contributed by atoms with Gasteiger partial charge >= 0.3 is 0 Å². The number of aliphatic hydroxyl groups excluding tert-OH is 1. The van der Waals surface area contributed by atoms with Crippen molar-refractivity contribution in [1.29, 1.82) is 0 Å². The highest BCUT2D eigenvalue weighted by atomic mass is 16.3. The van der Waals surface area contributed by atoms with Gasteiger partial charge in [-0.2, -0.15) is 0 Å². The normalized spacial score (nSPS) is 17.9. The Morgan fingerprint density at radius 1 is 1.13 bits per heavy atom. The predicted molar refractivity (Wildman–Crippen MR) is 59.9 cm³/mol. The van der Waals surface area contributed by atoms with Gasteiger partial charge in [0.1, 0.15) is 5.75 Å². The van der Waals surface area contributed by atoms with Crippen LogP contribution in [0.1, 0.15) is 49.1 Å². The van der Waals surface area contributed by atoms with Crippen molar-refractivity contribution in [3.05, 3.63) is 29.3 Å². The molecule has 2 heteroatoms. The first-order valence-corrected chi connectivity index (χ1v) is 5.74. The Hall–Kier alpha value is -1.02. The first-order chi connectivity index (χ1) is 7.31. The number of benzene rings is 1. The summed E-state index contributed by atoms with van der Waals surface area (Å²) < 4.78 is 0. The molecule has 82 valence electrons. The van der Waals surface area contributed by atoms with E-state index >= 15 is 0 Å². The van der Waals surface area contributed by atoms with Gasteiger partial charge < -0.3 is 10.2 Å².